The van der Waals surface area contributed by atoms with Gasteiger partial charge in [-0.2, -0.15) is 0 Å². The molecule has 0 aliphatic heterocycles. The smallest absolute Gasteiger partial charge is 0.106 e. The summed E-state index contributed by atoms with van der Waals surface area (Å²) in [5, 5.41) is 0. The molecule has 0 radical (unpaired) electrons. The van der Waals surface area contributed by atoms with Crippen molar-refractivity contribution < 1.29 is 0 Å². The van der Waals surface area contributed by atoms with E-state index in [1.54, 1.807) is 0 Å². The van der Waals surface area contributed by atoms with Gasteiger partial charge in [0.25, 0.3) is 0 Å². The third kappa shape index (κ3) is 2.93. The minimum absolute atomic E-state index is 0.423. The van der Waals surface area contributed by atoms with E-state index in [0.29, 0.717) is 4.99 Å². The molecule has 0 aliphatic carbocycles. The number of rotatable bonds is 3. The third-order valence-corrected chi connectivity index (χ3v) is 3.34. The number of anilines is 2. The lowest BCUT2D eigenvalue weighted by Gasteiger charge is -2.23. The van der Waals surface area contributed by atoms with Gasteiger partial charge < -0.3 is 10.6 Å². The minimum Gasteiger partial charge on any atom is -0.389 e. The Kier molecular flexibility index (Phi) is 3.86. The Labute approximate surface area is 119 Å². The summed E-state index contributed by atoms with van der Waals surface area (Å²) in [7, 11) is 2.03. The zero-order chi connectivity index (χ0) is 14.0. The van der Waals surface area contributed by atoms with Gasteiger partial charge in [-0.15, -0.1) is 0 Å². The molecule has 0 amide bonds. The molecule has 98 valence electrons. The molecular weight excluding hydrogens is 252 g/mol. The Morgan fingerprint density at radius 1 is 1.05 bits per heavy atom. The van der Waals surface area contributed by atoms with Crippen LogP contribution in [0.5, 0.6) is 0 Å². The van der Waals surface area contributed by atoms with Crippen molar-refractivity contribution in [2.45, 2.75) is 13.8 Å². The van der Waals surface area contributed by atoms with Crippen LogP contribution in [0.3, 0.4) is 0 Å². The summed E-state index contributed by atoms with van der Waals surface area (Å²) in [6, 6.07) is 14.4. The Morgan fingerprint density at radius 2 is 1.63 bits per heavy atom. The van der Waals surface area contributed by atoms with Gasteiger partial charge in [0.1, 0.15) is 4.99 Å². The molecule has 0 heterocycles. The molecule has 19 heavy (non-hydrogen) atoms. The zero-order valence-electron chi connectivity index (χ0n) is 11.5. The molecule has 0 spiro atoms. The number of thiocarbonyl (C=S) groups is 1. The van der Waals surface area contributed by atoms with Crippen molar-refractivity contribution in [1.29, 1.82) is 0 Å². The molecule has 2 aromatic carbocycles. The van der Waals surface area contributed by atoms with E-state index in [2.05, 4.69) is 36.9 Å². The van der Waals surface area contributed by atoms with E-state index in [1.807, 2.05) is 31.3 Å². The maximum atomic E-state index is 5.80. The fourth-order valence-corrected chi connectivity index (χ4v) is 2.43. The predicted molar refractivity (Wildman–Crippen MR) is 86.3 cm³/mol. The molecule has 0 bridgehead atoms. The summed E-state index contributed by atoms with van der Waals surface area (Å²) < 4.78 is 0. The Hall–Kier alpha value is -1.87. The highest BCUT2D eigenvalue weighted by atomic mass is 32.1. The van der Waals surface area contributed by atoms with E-state index in [9.17, 15) is 0 Å². The van der Waals surface area contributed by atoms with Crippen molar-refractivity contribution in [1.82, 2.24) is 0 Å². The van der Waals surface area contributed by atoms with Gasteiger partial charge in [-0.3, -0.25) is 0 Å². The predicted octanol–water partition coefficient (Wildman–Crippen LogP) is 3.71. The highest BCUT2D eigenvalue weighted by molar-refractivity contribution is 7.80. The van der Waals surface area contributed by atoms with E-state index < -0.39 is 0 Å². The summed E-state index contributed by atoms with van der Waals surface area (Å²) in [6.07, 6.45) is 0. The number of para-hydroxylation sites is 1. The van der Waals surface area contributed by atoms with Crippen LogP contribution in [0, 0.1) is 13.8 Å². The second kappa shape index (κ2) is 5.41. The molecule has 0 unspecified atom stereocenters. The average Bonchev–Trinajstić information content (AvgIpc) is 2.36. The van der Waals surface area contributed by atoms with Crippen LogP contribution in [0.25, 0.3) is 0 Å². The fraction of sp³-hybridized carbons (Fsp3) is 0.188. The van der Waals surface area contributed by atoms with Crippen molar-refractivity contribution in [3.63, 3.8) is 0 Å². The molecule has 0 atom stereocenters. The number of nitrogens with two attached hydrogens (primary N) is 1. The van der Waals surface area contributed by atoms with Gasteiger partial charge in [0.15, 0.2) is 0 Å². The van der Waals surface area contributed by atoms with Crippen molar-refractivity contribution in [2.75, 3.05) is 11.9 Å². The largest absolute Gasteiger partial charge is 0.389 e. The topological polar surface area (TPSA) is 29.3 Å². The number of benzene rings is 2. The van der Waals surface area contributed by atoms with Crippen LogP contribution < -0.4 is 10.6 Å². The minimum atomic E-state index is 0.423. The molecule has 0 saturated heterocycles. The molecule has 0 saturated carbocycles. The summed E-state index contributed by atoms with van der Waals surface area (Å²) >= 11 is 5.12. The van der Waals surface area contributed by atoms with Crippen molar-refractivity contribution in [2.24, 2.45) is 5.73 Å². The monoisotopic (exact) mass is 270 g/mol. The Balaban J connectivity index is 2.49. The lowest BCUT2D eigenvalue weighted by Crippen LogP contribution is -2.17. The quantitative estimate of drug-likeness (QED) is 0.862. The first-order valence-corrected chi connectivity index (χ1v) is 6.60. The van der Waals surface area contributed by atoms with Crippen LogP contribution in [0.15, 0.2) is 42.5 Å². The SMILES string of the molecule is Cc1cc(C)cc(N(C)c2ccccc2C(N)=S)c1. The molecule has 0 aromatic heterocycles. The van der Waals surface area contributed by atoms with Gasteiger partial charge in [-0.25, -0.2) is 0 Å². The van der Waals surface area contributed by atoms with Crippen molar-refractivity contribution >= 4 is 28.6 Å². The maximum Gasteiger partial charge on any atom is 0.106 e. The molecule has 0 aliphatic rings. The summed E-state index contributed by atoms with van der Waals surface area (Å²) in [5.74, 6) is 0. The molecule has 2 rings (SSSR count). The van der Waals surface area contributed by atoms with Gasteiger partial charge in [0, 0.05) is 18.3 Å². The summed E-state index contributed by atoms with van der Waals surface area (Å²) in [5.41, 5.74) is 11.4. The first-order valence-electron chi connectivity index (χ1n) is 6.20. The van der Waals surface area contributed by atoms with Gasteiger partial charge in [-0.05, 0) is 49.2 Å². The highest BCUT2D eigenvalue weighted by Crippen LogP contribution is 2.28. The number of hydrogen-bond acceptors (Lipinski definition) is 2. The second-order valence-corrected chi connectivity index (χ2v) is 5.23. The number of nitrogens with zero attached hydrogens (tertiary/aromatic N) is 1. The second-order valence-electron chi connectivity index (χ2n) is 4.79. The van der Waals surface area contributed by atoms with Crippen LogP contribution in [0.4, 0.5) is 11.4 Å². The summed E-state index contributed by atoms with van der Waals surface area (Å²) in [6.45, 7) is 4.20. The molecular formula is C16H18N2S. The maximum absolute atomic E-state index is 5.80. The summed E-state index contributed by atoms with van der Waals surface area (Å²) in [4.78, 5) is 2.54. The molecule has 0 fully saturated rings. The standard InChI is InChI=1S/C16H18N2S/c1-11-8-12(2)10-13(9-11)18(3)15-7-5-4-6-14(15)16(17)19/h4-10H,1-3H3,(H2,17,19). The highest BCUT2D eigenvalue weighted by Gasteiger charge is 2.11. The van der Waals surface area contributed by atoms with Crippen LogP contribution in [0.1, 0.15) is 16.7 Å². The molecule has 2 aromatic rings. The average molecular weight is 270 g/mol. The van der Waals surface area contributed by atoms with Crippen molar-refractivity contribution in [3.05, 3.63) is 59.2 Å². The lowest BCUT2D eigenvalue weighted by molar-refractivity contribution is 1.19. The van der Waals surface area contributed by atoms with E-state index >= 15 is 0 Å². The van der Waals surface area contributed by atoms with E-state index in [0.717, 1.165) is 16.9 Å². The van der Waals surface area contributed by atoms with Gasteiger partial charge in [0.2, 0.25) is 0 Å². The van der Waals surface area contributed by atoms with Crippen LogP contribution >= 0.6 is 12.2 Å². The fourth-order valence-electron chi connectivity index (χ4n) is 2.26. The van der Waals surface area contributed by atoms with E-state index in [4.69, 9.17) is 18.0 Å². The van der Waals surface area contributed by atoms with Crippen molar-refractivity contribution in [3.8, 4) is 0 Å². The van der Waals surface area contributed by atoms with Crippen LogP contribution in [0.2, 0.25) is 0 Å². The Bertz CT molecular complexity index is 600. The number of hydrogen-bond donors (Lipinski definition) is 1. The van der Waals surface area contributed by atoms with Gasteiger partial charge in [0.05, 0.1) is 5.69 Å². The van der Waals surface area contributed by atoms with Crippen LogP contribution in [-0.4, -0.2) is 12.0 Å². The molecule has 2 nitrogen and oxygen atoms in total. The Morgan fingerprint density at radius 3 is 2.21 bits per heavy atom. The van der Waals surface area contributed by atoms with E-state index in [-0.39, 0.29) is 0 Å². The first kappa shape index (κ1) is 13.6. The van der Waals surface area contributed by atoms with E-state index in [1.165, 1.54) is 11.1 Å². The lowest BCUT2D eigenvalue weighted by atomic mass is 10.1. The van der Waals surface area contributed by atoms with Gasteiger partial charge in [-0.1, -0.05) is 30.4 Å². The molecule has 2 N–H and O–H groups in total. The normalized spacial score (nSPS) is 10.3. The first-order chi connectivity index (χ1) is 8.99. The number of aryl methyl sites for hydroxylation is 2. The molecule has 3 heteroatoms. The van der Waals surface area contributed by atoms with Crippen LogP contribution in [-0.2, 0) is 0 Å². The third-order valence-electron chi connectivity index (χ3n) is 3.12. The van der Waals surface area contributed by atoms with Gasteiger partial charge >= 0.3 is 0 Å². The zero-order valence-corrected chi connectivity index (χ0v) is 12.3.